The van der Waals surface area contributed by atoms with Crippen molar-refractivity contribution in [3.05, 3.63) is 59.3 Å². The Kier molecular flexibility index (Phi) is 17.2. The molecule has 1 aliphatic heterocycles. The summed E-state index contributed by atoms with van der Waals surface area (Å²) in [6.07, 6.45) is 12.1. The van der Waals surface area contributed by atoms with Gasteiger partial charge in [-0.1, -0.05) is 77.0 Å². The molecule has 0 fully saturated rings. The molecule has 1 unspecified atom stereocenters. The van der Waals surface area contributed by atoms with Gasteiger partial charge in [-0.15, -0.1) is 0 Å². The molecule has 1 aromatic rings. The molecule has 3 rings (SSSR count). The van der Waals surface area contributed by atoms with Crippen molar-refractivity contribution in [3.8, 4) is 0 Å². The van der Waals surface area contributed by atoms with Gasteiger partial charge in [0.25, 0.3) is 0 Å². The van der Waals surface area contributed by atoms with Gasteiger partial charge in [-0.05, 0) is 62.1 Å². The van der Waals surface area contributed by atoms with Crippen LogP contribution in [0, 0.1) is 5.41 Å². The van der Waals surface area contributed by atoms with Gasteiger partial charge in [0.2, 0.25) is 0 Å². The molecule has 0 saturated carbocycles. The Morgan fingerprint density at radius 2 is 1.72 bits per heavy atom. The van der Waals surface area contributed by atoms with Gasteiger partial charge in [0, 0.05) is 29.3 Å². The summed E-state index contributed by atoms with van der Waals surface area (Å²) in [6.45, 7) is 12.0. The molecule has 4 N–H and O–H groups in total. The molecule has 1 atom stereocenters. The molecule has 36 heavy (non-hydrogen) atoms. The van der Waals surface area contributed by atoms with Crippen LogP contribution in [0.3, 0.4) is 0 Å². The molecular weight excluding hydrogens is 637 g/mol. The monoisotopic (exact) mass is 680 g/mol. The van der Waals surface area contributed by atoms with Crippen molar-refractivity contribution >= 4 is 18.3 Å². The Morgan fingerprint density at radius 3 is 2.28 bits per heavy atom. The van der Waals surface area contributed by atoms with Crippen molar-refractivity contribution < 1.29 is 40.9 Å². The van der Waals surface area contributed by atoms with Crippen molar-refractivity contribution in [1.82, 2.24) is 11.5 Å². The largest absolute Gasteiger partial charge is 2.00 e. The average Bonchev–Trinajstić information content (AvgIpc) is 2.72. The molecule has 0 radical (unpaired) electrons. The number of nitrogens with zero attached hydrogens (tertiary/aromatic N) is 1. The quantitative estimate of drug-likeness (QED) is 0.421. The number of carboxylic acid groups (broad SMARTS) is 2. The SMILES string of the molecule is C1=CCC2C(=C1)N=Cc1ccccc12.CC(C)(C)CC(C)(C)NC(=O)[O-].CCCCCC(=O)[O-].N.[Pt+2]. The topological polar surface area (TPSA) is 140 Å². The number of carboxylic acids is 1. The van der Waals surface area contributed by atoms with Crippen LogP contribution in [0.1, 0.15) is 97.1 Å². The number of carbonyl (C=O) groups excluding carboxylic acids is 2. The number of nitrogens with one attached hydrogen (secondary N) is 1. The summed E-state index contributed by atoms with van der Waals surface area (Å²) in [5.41, 5.74) is 3.59. The fourth-order valence-corrected chi connectivity index (χ4v) is 4.29. The van der Waals surface area contributed by atoms with Crippen LogP contribution in [-0.2, 0) is 25.9 Å². The second-order valence-electron chi connectivity index (χ2n) is 10.6. The molecule has 2 aliphatic rings. The van der Waals surface area contributed by atoms with Crippen LogP contribution in [-0.4, -0.2) is 23.8 Å². The van der Waals surface area contributed by atoms with E-state index < -0.39 is 17.6 Å². The molecule has 1 aromatic carbocycles. The molecular formula is C28H43N3O4Pt. The zero-order chi connectivity index (χ0) is 25.8. The molecule has 0 spiro atoms. The Bertz CT molecular complexity index is 902. The van der Waals surface area contributed by atoms with Crippen molar-refractivity contribution in [2.24, 2.45) is 10.4 Å². The van der Waals surface area contributed by atoms with Gasteiger partial charge in [0.1, 0.15) is 6.09 Å². The third-order valence-corrected chi connectivity index (χ3v) is 5.25. The minimum absolute atomic E-state index is 0. The number of hydrogen-bond donors (Lipinski definition) is 2. The van der Waals surface area contributed by atoms with E-state index in [4.69, 9.17) is 0 Å². The Labute approximate surface area is 231 Å². The molecule has 1 amide bonds. The zero-order valence-corrected chi connectivity index (χ0v) is 24.8. The number of carbonyl (C=O) groups is 2. The number of benzene rings is 1. The fraction of sp³-hybridized carbons (Fsp3) is 0.536. The minimum Gasteiger partial charge on any atom is -0.550 e. The smallest absolute Gasteiger partial charge is 0.550 e. The summed E-state index contributed by atoms with van der Waals surface area (Å²) < 4.78 is 0. The van der Waals surface area contributed by atoms with Crippen LogP contribution in [0.15, 0.2) is 53.2 Å². The molecule has 204 valence electrons. The Hall–Kier alpha value is -2.24. The van der Waals surface area contributed by atoms with Gasteiger partial charge in [0.05, 0.1) is 0 Å². The van der Waals surface area contributed by atoms with Crippen LogP contribution < -0.4 is 21.7 Å². The van der Waals surface area contributed by atoms with E-state index in [1.165, 1.54) is 16.8 Å². The number of rotatable bonds is 6. The third kappa shape index (κ3) is 15.0. The molecule has 7 nitrogen and oxygen atoms in total. The number of unbranched alkanes of at least 4 members (excludes halogenated alkanes) is 2. The Morgan fingerprint density at radius 1 is 1.08 bits per heavy atom. The van der Waals surface area contributed by atoms with Crippen LogP contribution >= 0.6 is 0 Å². The van der Waals surface area contributed by atoms with Crippen molar-refractivity contribution in [1.29, 1.82) is 0 Å². The summed E-state index contributed by atoms with van der Waals surface area (Å²) in [5.74, 6) is -0.445. The van der Waals surface area contributed by atoms with Gasteiger partial charge < -0.3 is 31.3 Å². The molecule has 1 heterocycles. The maximum absolute atomic E-state index is 10.3. The predicted molar refractivity (Wildman–Crippen MR) is 139 cm³/mol. The van der Waals surface area contributed by atoms with Crippen LogP contribution in [0.25, 0.3) is 0 Å². The van der Waals surface area contributed by atoms with E-state index >= 15 is 0 Å². The molecule has 0 saturated heterocycles. The van der Waals surface area contributed by atoms with Crippen molar-refractivity contribution in [2.75, 3.05) is 0 Å². The van der Waals surface area contributed by atoms with E-state index in [1.807, 2.05) is 27.0 Å². The van der Waals surface area contributed by atoms with E-state index in [2.05, 4.69) is 73.6 Å². The number of fused-ring (bicyclic) bond motifs is 3. The first-order valence-corrected chi connectivity index (χ1v) is 12.0. The van der Waals surface area contributed by atoms with Crippen molar-refractivity contribution in [2.45, 2.75) is 91.5 Å². The summed E-state index contributed by atoms with van der Waals surface area (Å²) in [7, 11) is 0. The maximum Gasteiger partial charge on any atom is 2.00 e. The van der Waals surface area contributed by atoms with Crippen LogP contribution in [0.2, 0.25) is 0 Å². The normalized spacial score (nSPS) is 15.1. The second-order valence-corrected chi connectivity index (χ2v) is 10.6. The van der Waals surface area contributed by atoms with E-state index in [0.717, 1.165) is 32.1 Å². The second kappa shape index (κ2) is 17.3. The number of hydrogen-bond acceptors (Lipinski definition) is 6. The van der Waals surface area contributed by atoms with Gasteiger partial charge in [-0.25, -0.2) is 0 Å². The first kappa shape index (κ1) is 35.9. The van der Waals surface area contributed by atoms with Crippen LogP contribution in [0.5, 0.6) is 0 Å². The zero-order valence-electron chi connectivity index (χ0n) is 22.5. The average molecular weight is 681 g/mol. The summed E-state index contributed by atoms with van der Waals surface area (Å²) in [6, 6.07) is 8.51. The first-order valence-electron chi connectivity index (χ1n) is 12.0. The van der Waals surface area contributed by atoms with Crippen molar-refractivity contribution in [3.63, 3.8) is 0 Å². The van der Waals surface area contributed by atoms with Gasteiger partial charge in [0.15, 0.2) is 0 Å². The molecule has 0 aromatic heterocycles. The molecule has 1 aliphatic carbocycles. The number of aliphatic imine (C=N–C) groups is 1. The molecule has 8 heteroatoms. The Balaban J connectivity index is 0. The predicted octanol–water partition coefficient (Wildman–Crippen LogP) is 4.66. The minimum atomic E-state index is -1.20. The van der Waals surface area contributed by atoms with E-state index in [9.17, 15) is 19.8 Å². The standard InChI is InChI=1S/C13H11N.C9H19NO2.C6H12O2.H3N.Pt/c1-2-6-11-10(5-1)9-14-13-8-4-3-7-12(11)13;1-8(2,3)6-9(4,5)10-7(11)12;1-2-3-4-5-6(7)8;;/h1-6,8-9,12H,7H2;10H,6H2,1-5H3,(H,11,12);2-5H2,1H3,(H,7,8);1H3;/q;;;;+2/p-2. The van der Waals surface area contributed by atoms with E-state index in [1.54, 1.807) is 0 Å². The summed E-state index contributed by atoms with van der Waals surface area (Å²) in [5, 5.41) is 22.4. The maximum atomic E-state index is 10.3. The summed E-state index contributed by atoms with van der Waals surface area (Å²) in [4.78, 5) is 24.5. The van der Waals surface area contributed by atoms with Gasteiger partial charge in [-0.2, -0.15) is 0 Å². The fourth-order valence-electron chi connectivity index (χ4n) is 4.29. The van der Waals surface area contributed by atoms with Gasteiger partial charge >= 0.3 is 21.1 Å². The van der Waals surface area contributed by atoms with Gasteiger partial charge in [-0.3, -0.25) is 4.99 Å². The molecule has 0 bridgehead atoms. The van der Waals surface area contributed by atoms with E-state index in [0.29, 0.717) is 5.92 Å². The third-order valence-electron chi connectivity index (χ3n) is 5.25. The number of amides is 1. The van der Waals surface area contributed by atoms with Crippen LogP contribution in [0.4, 0.5) is 4.79 Å². The first-order chi connectivity index (χ1) is 15.8. The summed E-state index contributed by atoms with van der Waals surface area (Å²) >= 11 is 0. The number of allylic oxidation sites excluding steroid dienone is 4. The van der Waals surface area contributed by atoms with E-state index in [-0.39, 0.29) is 39.1 Å². The number of aliphatic carboxylic acids is 1.